The average Bonchev–Trinajstić information content (AvgIpc) is 2.61. The lowest BCUT2D eigenvalue weighted by atomic mass is 9.95. The molecule has 1 aromatic carbocycles. The van der Waals surface area contributed by atoms with Crippen LogP contribution in [0.25, 0.3) is 0 Å². The molecule has 0 bridgehead atoms. The van der Waals surface area contributed by atoms with Crippen molar-refractivity contribution in [2.45, 2.75) is 31.8 Å². The number of hydrogen-bond acceptors (Lipinski definition) is 2. The fourth-order valence-corrected chi connectivity index (χ4v) is 2.14. The number of halogens is 1. The third-order valence-corrected chi connectivity index (χ3v) is 3.32. The SMILES string of the molecule is CCC1CC(c2ccc(Br)cc2)C(=O)O1. The normalized spacial score (nSPS) is 25.3. The first kappa shape index (κ1) is 10.7. The van der Waals surface area contributed by atoms with Gasteiger partial charge in [0.25, 0.3) is 0 Å². The Balaban J connectivity index is 2.18. The van der Waals surface area contributed by atoms with Gasteiger partial charge in [0.2, 0.25) is 0 Å². The molecule has 80 valence electrons. The topological polar surface area (TPSA) is 26.3 Å². The van der Waals surface area contributed by atoms with E-state index in [1.807, 2.05) is 31.2 Å². The Morgan fingerprint density at radius 2 is 2.07 bits per heavy atom. The Morgan fingerprint density at radius 3 is 2.60 bits per heavy atom. The zero-order valence-corrected chi connectivity index (χ0v) is 10.2. The van der Waals surface area contributed by atoms with Crippen LogP contribution in [0.15, 0.2) is 28.7 Å². The summed E-state index contributed by atoms with van der Waals surface area (Å²) in [4.78, 5) is 11.6. The second-order valence-electron chi connectivity index (χ2n) is 3.81. The van der Waals surface area contributed by atoms with Gasteiger partial charge in [-0.3, -0.25) is 4.79 Å². The third kappa shape index (κ3) is 2.23. The van der Waals surface area contributed by atoms with Gasteiger partial charge in [0, 0.05) is 10.9 Å². The van der Waals surface area contributed by atoms with Crippen molar-refractivity contribution in [2.75, 3.05) is 0 Å². The molecule has 15 heavy (non-hydrogen) atoms. The van der Waals surface area contributed by atoms with Gasteiger partial charge in [-0.25, -0.2) is 0 Å². The predicted molar refractivity (Wildman–Crippen MR) is 61.7 cm³/mol. The van der Waals surface area contributed by atoms with Crippen LogP contribution in [-0.2, 0) is 9.53 Å². The lowest BCUT2D eigenvalue weighted by molar-refractivity contribution is -0.142. The number of ether oxygens (including phenoxy) is 1. The molecular formula is C12H13BrO2. The Kier molecular flexibility index (Phi) is 3.10. The van der Waals surface area contributed by atoms with Gasteiger partial charge in [-0.2, -0.15) is 0 Å². The van der Waals surface area contributed by atoms with Crippen molar-refractivity contribution in [1.29, 1.82) is 0 Å². The quantitative estimate of drug-likeness (QED) is 0.770. The molecule has 2 unspecified atom stereocenters. The summed E-state index contributed by atoms with van der Waals surface area (Å²) in [6.07, 6.45) is 1.82. The van der Waals surface area contributed by atoms with E-state index in [4.69, 9.17) is 4.74 Å². The van der Waals surface area contributed by atoms with Crippen molar-refractivity contribution in [2.24, 2.45) is 0 Å². The van der Waals surface area contributed by atoms with Crippen molar-refractivity contribution in [3.63, 3.8) is 0 Å². The van der Waals surface area contributed by atoms with Crippen LogP contribution in [-0.4, -0.2) is 12.1 Å². The summed E-state index contributed by atoms with van der Waals surface area (Å²) in [5.74, 6) is -0.146. The van der Waals surface area contributed by atoms with E-state index in [1.165, 1.54) is 0 Å². The summed E-state index contributed by atoms with van der Waals surface area (Å²) in [6.45, 7) is 2.04. The van der Waals surface area contributed by atoms with E-state index in [0.717, 1.165) is 22.9 Å². The van der Waals surface area contributed by atoms with Crippen molar-refractivity contribution in [3.8, 4) is 0 Å². The summed E-state index contributed by atoms with van der Waals surface area (Å²) >= 11 is 3.38. The van der Waals surface area contributed by atoms with Gasteiger partial charge in [0.1, 0.15) is 6.10 Å². The lowest BCUT2D eigenvalue weighted by Crippen LogP contribution is -2.05. The average molecular weight is 269 g/mol. The molecule has 3 heteroatoms. The van der Waals surface area contributed by atoms with E-state index in [9.17, 15) is 4.79 Å². The predicted octanol–water partition coefficient (Wildman–Crippen LogP) is 3.26. The maximum absolute atomic E-state index is 11.6. The number of rotatable bonds is 2. The van der Waals surface area contributed by atoms with Crippen molar-refractivity contribution < 1.29 is 9.53 Å². The van der Waals surface area contributed by atoms with Crippen molar-refractivity contribution in [3.05, 3.63) is 34.3 Å². The van der Waals surface area contributed by atoms with E-state index in [1.54, 1.807) is 0 Å². The minimum atomic E-state index is -0.0795. The second kappa shape index (κ2) is 4.35. The number of esters is 1. The minimum Gasteiger partial charge on any atom is -0.462 e. The van der Waals surface area contributed by atoms with Gasteiger partial charge in [-0.05, 0) is 24.1 Å². The van der Waals surface area contributed by atoms with E-state index in [-0.39, 0.29) is 18.0 Å². The number of carbonyl (C=O) groups excluding carboxylic acids is 1. The summed E-state index contributed by atoms with van der Waals surface area (Å²) in [6, 6.07) is 7.88. The van der Waals surface area contributed by atoms with Crippen LogP contribution in [0.1, 0.15) is 31.2 Å². The molecule has 1 aromatic rings. The number of cyclic esters (lactones) is 1. The highest BCUT2D eigenvalue weighted by Gasteiger charge is 2.34. The van der Waals surface area contributed by atoms with Crippen LogP contribution in [0.5, 0.6) is 0 Å². The zero-order chi connectivity index (χ0) is 10.8. The van der Waals surface area contributed by atoms with Crippen molar-refractivity contribution in [1.82, 2.24) is 0 Å². The molecule has 0 saturated carbocycles. The van der Waals surface area contributed by atoms with Crippen molar-refractivity contribution >= 4 is 21.9 Å². The summed E-state index contributed by atoms with van der Waals surface area (Å²) in [5, 5.41) is 0. The fourth-order valence-electron chi connectivity index (χ4n) is 1.87. The molecule has 0 radical (unpaired) electrons. The minimum absolute atomic E-state index is 0.0666. The maximum Gasteiger partial charge on any atom is 0.313 e. The first-order valence-electron chi connectivity index (χ1n) is 5.16. The van der Waals surface area contributed by atoms with Crippen LogP contribution in [0.2, 0.25) is 0 Å². The highest BCUT2D eigenvalue weighted by atomic mass is 79.9. The Hall–Kier alpha value is -0.830. The molecule has 2 atom stereocenters. The highest BCUT2D eigenvalue weighted by Crippen LogP contribution is 2.32. The molecule has 0 N–H and O–H groups in total. The van der Waals surface area contributed by atoms with Crippen LogP contribution in [0.3, 0.4) is 0 Å². The number of carbonyl (C=O) groups is 1. The molecule has 1 heterocycles. The number of hydrogen-bond donors (Lipinski definition) is 0. The molecule has 1 saturated heterocycles. The Morgan fingerprint density at radius 1 is 1.40 bits per heavy atom. The summed E-state index contributed by atoms with van der Waals surface area (Å²) < 4.78 is 6.29. The monoisotopic (exact) mass is 268 g/mol. The summed E-state index contributed by atoms with van der Waals surface area (Å²) in [5.41, 5.74) is 1.05. The fraction of sp³-hybridized carbons (Fsp3) is 0.417. The van der Waals surface area contributed by atoms with E-state index < -0.39 is 0 Å². The lowest BCUT2D eigenvalue weighted by Gasteiger charge is -2.05. The van der Waals surface area contributed by atoms with Gasteiger partial charge in [-0.15, -0.1) is 0 Å². The molecule has 1 aliphatic heterocycles. The molecule has 0 amide bonds. The Bertz CT molecular complexity index is 358. The largest absolute Gasteiger partial charge is 0.462 e. The molecular weight excluding hydrogens is 256 g/mol. The van der Waals surface area contributed by atoms with Gasteiger partial charge >= 0.3 is 5.97 Å². The maximum atomic E-state index is 11.6. The number of benzene rings is 1. The smallest absolute Gasteiger partial charge is 0.313 e. The molecule has 2 rings (SSSR count). The highest BCUT2D eigenvalue weighted by molar-refractivity contribution is 9.10. The van der Waals surface area contributed by atoms with Gasteiger partial charge < -0.3 is 4.74 Å². The van der Waals surface area contributed by atoms with Crippen LogP contribution < -0.4 is 0 Å². The van der Waals surface area contributed by atoms with E-state index >= 15 is 0 Å². The van der Waals surface area contributed by atoms with Gasteiger partial charge in [0.15, 0.2) is 0 Å². The molecule has 0 aliphatic carbocycles. The second-order valence-corrected chi connectivity index (χ2v) is 4.72. The van der Waals surface area contributed by atoms with E-state index in [2.05, 4.69) is 15.9 Å². The molecule has 0 spiro atoms. The van der Waals surface area contributed by atoms with Crippen LogP contribution in [0.4, 0.5) is 0 Å². The molecule has 2 nitrogen and oxygen atoms in total. The van der Waals surface area contributed by atoms with E-state index in [0.29, 0.717) is 0 Å². The first-order valence-corrected chi connectivity index (χ1v) is 5.96. The zero-order valence-electron chi connectivity index (χ0n) is 8.57. The van der Waals surface area contributed by atoms with Gasteiger partial charge in [0.05, 0.1) is 5.92 Å². The Labute approximate surface area is 97.8 Å². The molecule has 1 aliphatic rings. The third-order valence-electron chi connectivity index (χ3n) is 2.79. The molecule has 0 aromatic heterocycles. The standard InChI is InChI=1S/C12H13BrO2/c1-2-10-7-11(12(14)15-10)8-3-5-9(13)6-4-8/h3-6,10-11H,2,7H2,1H3. The molecule has 1 fully saturated rings. The van der Waals surface area contributed by atoms with Crippen LogP contribution >= 0.6 is 15.9 Å². The van der Waals surface area contributed by atoms with Gasteiger partial charge in [-0.1, -0.05) is 35.0 Å². The first-order chi connectivity index (χ1) is 7.20. The van der Waals surface area contributed by atoms with Crippen LogP contribution in [0, 0.1) is 0 Å². The summed E-state index contributed by atoms with van der Waals surface area (Å²) in [7, 11) is 0.